The predicted octanol–water partition coefficient (Wildman–Crippen LogP) is 5.49. The van der Waals surface area contributed by atoms with Crippen LogP contribution in [0.1, 0.15) is 35.5 Å². The minimum absolute atomic E-state index is 0.113. The Morgan fingerprint density at radius 3 is 2.46 bits per heavy atom. The molecule has 2 heterocycles. The van der Waals surface area contributed by atoms with E-state index in [4.69, 9.17) is 9.40 Å². The summed E-state index contributed by atoms with van der Waals surface area (Å²) in [5.41, 5.74) is 4.90. The van der Waals surface area contributed by atoms with Crippen molar-refractivity contribution >= 4 is 17.8 Å². The smallest absolute Gasteiger partial charge is 0.290 e. The summed E-state index contributed by atoms with van der Waals surface area (Å²) in [6, 6.07) is 19.2. The van der Waals surface area contributed by atoms with Crippen LogP contribution in [0.2, 0.25) is 0 Å². The second-order valence-corrected chi connectivity index (χ2v) is 9.06. The van der Waals surface area contributed by atoms with Crippen molar-refractivity contribution in [3.05, 3.63) is 90.0 Å². The van der Waals surface area contributed by atoms with E-state index < -0.39 is 0 Å². The monoisotopic (exact) mass is 470 g/mol. The number of amides is 2. The maximum atomic E-state index is 13.1. The van der Waals surface area contributed by atoms with Gasteiger partial charge in [0.1, 0.15) is 6.54 Å². The van der Waals surface area contributed by atoms with Gasteiger partial charge in [-0.1, -0.05) is 50.2 Å². The zero-order valence-electron chi connectivity index (χ0n) is 20.5. The van der Waals surface area contributed by atoms with Crippen LogP contribution < -0.4 is 5.32 Å². The molecule has 4 aromatic rings. The Morgan fingerprint density at radius 1 is 1.03 bits per heavy atom. The van der Waals surface area contributed by atoms with Crippen molar-refractivity contribution in [1.29, 1.82) is 0 Å². The number of hydrogen-bond donors (Lipinski definition) is 1. The normalized spacial score (nSPS) is 11.0. The highest BCUT2D eigenvalue weighted by molar-refractivity contribution is 5.97. The van der Waals surface area contributed by atoms with E-state index in [0.29, 0.717) is 12.5 Å². The number of anilines is 1. The van der Waals surface area contributed by atoms with Gasteiger partial charge in [0.2, 0.25) is 11.9 Å². The van der Waals surface area contributed by atoms with E-state index in [2.05, 4.69) is 25.2 Å². The molecule has 0 spiro atoms. The minimum Gasteiger partial charge on any atom is -0.459 e. The third-order valence-corrected chi connectivity index (χ3v) is 5.73. The van der Waals surface area contributed by atoms with E-state index in [1.54, 1.807) is 12.1 Å². The van der Waals surface area contributed by atoms with Crippen molar-refractivity contribution in [3.8, 4) is 16.9 Å². The topological polar surface area (TPSA) is 80.4 Å². The maximum Gasteiger partial charge on any atom is 0.290 e. The summed E-state index contributed by atoms with van der Waals surface area (Å²) in [5.74, 6) is 0.139. The third-order valence-electron chi connectivity index (χ3n) is 5.73. The molecule has 2 aromatic heterocycles. The Balaban J connectivity index is 1.63. The number of aromatic nitrogens is 2. The number of rotatable bonds is 8. The number of carbonyl (C=O) groups excluding carboxylic acids is 2. The van der Waals surface area contributed by atoms with E-state index in [1.165, 1.54) is 16.7 Å². The van der Waals surface area contributed by atoms with E-state index in [-0.39, 0.29) is 30.0 Å². The van der Waals surface area contributed by atoms with Crippen LogP contribution in [0, 0.1) is 19.8 Å². The molecule has 7 nitrogen and oxygen atoms in total. The lowest BCUT2D eigenvalue weighted by Crippen LogP contribution is -2.40. The summed E-state index contributed by atoms with van der Waals surface area (Å²) in [6.07, 6.45) is 3.36. The number of furan rings is 1. The fourth-order valence-electron chi connectivity index (χ4n) is 3.84. The van der Waals surface area contributed by atoms with Crippen molar-refractivity contribution in [2.45, 2.75) is 27.7 Å². The summed E-state index contributed by atoms with van der Waals surface area (Å²) in [7, 11) is 0. The highest BCUT2D eigenvalue weighted by Crippen LogP contribution is 2.25. The van der Waals surface area contributed by atoms with Crippen molar-refractivity contribution in [3.63, 3.8) is 0 Å². The molecule has 0 saturated carbocycles. The number of hydrogen-bond acceptors (Lipinski definition) is 4. The lowest BCUT2D eigenvalue weighted by atomic mass is 10.1. The second-order valence-electron chi connectivity index (χ2n) is 9.06. The van der Waals surface area contributed by atoms with Crippen molar-refractivity contribution in [2.75, 3.05) is 18.4 Å². The van der Waals surface area contributed by atoms with Crippen LogP contribution in [0.3, 0.4) is 0 Å². The average molecular weight is 471 g/mol. The summed E-state index contributed by atoms with van der Waals surface area (Å²) >= 11 is 0. The molecule has 0 saturated heterocycles. The number of carbonyl (C=O) groups is 2. The first-order valence-electron chi connectivity index (χ1n) is 11.7. The molecule has 0 aliphatic rings. The first kappa shape index (κ1) is 24.0. The summed E-state index contributed by atoms with van der Waals surface area (Å²) in [5, 5.41) is 2.93. The number of aryl methyl sites for hydroxylation is 2. The van der Waals surface area contributed by atoms with Gasteiger partial charge in [-0.05, 0) is 55.2 Å². The van der Waals surface area contributed by atoms with Crippen LogP contribution in [0.5, 0.6) is 0 Å². The van der Waals surface area contributed by atoms with E-state index in [9.17, 15) is 9.59 Å². The standard InChI is InChI=1S/C28H30N4O3/c1-19(2)16-31(27(34)25-11-8-14-35-25)18-26(33)30-28-29-24(22-9-6-5-7-10-22)17-32(28)23-13-12-20(3)21(4)15-23/h5-15,17,19H,16,18H2,1-4H3,(H,29,30,33). The number of benzene rings is 2. The largest absolute Gasteiger partial charge is 0.459 e. The van der Waals surface area contributed by atoms with Crippen molar-refractivity contribution in [2.24, 2.45) is 5.92 Å². The molecule has 0 aliphatic carbocycles. The summed E-state index contributed by atoms with van der Waals surface area (Å²) in [6.45, 7) is 8.42. The molecule has 0 unspecified atom stereocenters. The van der Waals surface area contributed by atoms with Crippen LogP contribution in [0.4, 0.5) is 5.95 Å². The zero-order valence-corrected chi connectivity index (χ0v) is 20.5. The van der Waals surface area contributed by atoms with Crippen LogP contribution >= 0.6 is 0 Å². The Morgan fingerprint density at radius 2 is 1.80 bits per heavy atom. The molecule has 4 rings (SSSR count). The van der Waals surface area contributed by atoms with Gasteiger partial charge in [0.05, 0.1) is 12.0 Å². The Bertz CT molecular complexity index is 1310. The lowest BCUT2D eigenvalue weighted by Gasteiger charge is -2.23. The van der Waals surface area contributed by atoms with Gasteiger partial charge in [0.25, 0.3) is 5.91 Å². The quantitative estimate of drug-likeness (QED) is 0.369. The summed E-state index contributed by atoms with van der Waals surface area (Å²) < 4.78 is 7.14. The molecule has 2 amide bonds. The molecular formula is C28H30N4O3. The van der Waals surface area contributed by atoms with Crippen molar-refractivity contribution in [1.82, 2.24) is 14.5 Å². The number of imidazole rings is 1. The van der Waals surface area contributed by atoms with E-state index in [0.717, 1.165) is 22.5 Å². The van der Waals surface area contributed by atoms with Gasteiger partial charge in [-0.3, -0.25) is 19.5 Å². The highest BCUT2D eigenvalue weighted by Gasteiger charge is 2.23. The predicted molar refractivity (Wildman–Crippen MR) is 137 cm³/mol. The third kappa shape index (κ3) is 5.69. The van der Waals surface area contributed by atoms with Gasteiger partial charge in [0, 0.05) is 24.0 Å². The molecule has 0 radical (unpaired) electrons. The van der Waals surface area contributed by atoms with Crippen molar-refractivity contribution < 1.29 is 14.0 Å². The van der Waals surface area contributed by atoms with Gasteiger partial charge in [-0.15, -0.1) is 0 Å². The summed E-state index contributed by atoms with van der Waals surface area (Å²) in [4.78, 5) is 32.3. The molecule has 7 heteroatoms. The minimum atomic E-state index is -0.333. The Labute approximate surface area is 205 Å². The SMILES string of the molecule is Cc1ccc(-n2cc(-c3ccccc3)nc2NC(=O)CN(CC(C)C)C(=O)c2ccco2)cc1C. The van der Waals surface area contributed by atoms with E-state index in [1.807, 2.05) is 67.1 Å². The van der Waals surface area contributed by atoms with Crippen LogP contribution in [0.25, 0.3) is 16.9 Å². The Hall–Kier alpha value is -4.13. The molecule has 180 valence electrons. The van der Waals surface area contributed by atoms with Gasteiger partial charge in [0.15, 0.2) is 5.76 Å². The zero-order chi connectivity index (χ0) is 24.9. The molecule has 0 bridgehead atoms. The van der Waals surface area contributed by atoms with Gasteiger partial charge >= 0.3 is 0 Å². The fraction of sp³-hybridized carbons (Fsp3) is 0.250. The molecular weight excluding hydrogens is 440 g/mol. The van der Waals surface area contributed by atoms with Gasteiger partial charge in [-0.2, -0.15) is 0 Å². The maximum absolute atomic E-state index is 13.1. The van der Waals surface area contributed by atoms with Crippen LogP contribution in [-0.2, 0) is 4.79 Å². The lowest BCUT2D eigenvalue weighted by molar-refractivity contribution is -0.117. The van der Waals surface area contributed by atoms with Crippen LogP contribution in [-0.4, -0.2) is 39.4 Å². The average Bonchev–Trinajstić information content (AvgIpc) is 3.51. The number of nitrogens with zero attached hydrogens (tertiary/aromatic N) is 3. The fourth-order valence-corrected chi connectivity index (χ4v) is 3.84. The Kier molecular flexibility index (Phi) is 7.15. The molecule has 0 aliphatic heterocycles. The molecule has 0 atom stereocenters. The molecule has 0 fully saturated rings. The second kappa shape index (κ2) is 10.4. The molecule has 2 aromatic carbocycles. The first-order chi connectivity index (χ1) is 16.8. The number of nitrogens with one attached hydrogen (secondary N) is 1. The van der Waals surface area contributed by atoms with Gasteiger partial charge in [-0.25, -0.2) is 4.98 Å². The first-order valence-corrected chi connectivity index (χ1v) is 11.7. The molecule has 1 N–H and O–H groups in total. The van der Waals surface area contributed by atoms with Crippen LogP contribution in [0.15, 0.2) is 77.5 Å². The van der Waals surface area contributed by atoms with E-state index >= 15 is 0 Å². The molecule has 35 heavy (non-hydrogen) atoms. The van der Waals surface area contributed by atoms with Gasteiger partial charge < -0.3 is 9.32 Å². The highest BCUT2D eigenvalue weighted by atomic mass is 16.3.